The molecule has 0 fully saturated rings. The average molecular weight is 83.1 g/mol. The second kappa shape index (κ2) is 4.45. The zero-order valence-corrected chi connectivity index (χ0v) is 3.61. The maximum atomic E-state index is 9.36. The van der Waals surface area contributed by atoms with E-state index < -0.39 is 0 Å². The zero-order valence-electron chi connectivity index (χ0n) is 3.61. The third-order valence-corrected chi connectivity index (χ3v) is 0.432. The van der Waals surface area contributed by atoms with Crippen LogP contribution in [0, 0.1) is 6.92 Å². The van der Waals surface area contributed by atoms with Crippen LogP contribution in [0.5, 0.6) is 0 Å². The predicted octanol–water partition coefficient (Wildman–Crippen LogP) is 0.988. The van der Waals surface area contributed by atoms with E-state index >= 15 is 0 Å². The van der Waals surface area contributed by atoms with E-state index in [2.05, 4.69) is 6.92 Å². The second-order valence-corrected chi connectivity index (χ2v) is 0.964. The van der Waals surface area contributed by atoms with Crippen LogP contribution in [0.15, 0.2) is 6.08 Å². The van der Waals surface area contributed by atoms with Crippen molar-refractivity contribution in [1.29, 1.82) is 0 Å². The van der Waals surface area contributed by atoms with Gasteiger partial charge in [0, 0.05) is 0 Å². The summed E-state index contributed by atoms with van der Waals surface area (Å²) in [6, 6.07) is 0. The van der Waals surface area contributed by atoms with Crippen molar-refractivity contribution in [2.24, 2.45) is 0 Å². The van der Waals surface area contributed by atoms with Crippen molar-refractivity contribution in [2.45, 2.75) is 12.8 Å². The normalized spacial score (nSPS) is 6.83. The second-order valence-electron chi connectivity index (χ2n) is 0.964. The maximum Gasteiger partial charge on any atom is 0.120 e. The molecular weight excluding hydrogens is 76.1 g/mol. The van der Waals surface area contributed by atoms with Gasteiger partial charge in [0.15, 0.2) is 0 Å². The first-order chi connectivity index (χ1) is 2.91. The average Bonchev–Trinajstić information content (AvgIpc) is 1.61. The summed E-state index contributed by atoms with van der Waals surface area (Å²) in [5.41, 5.74) is 0. The number of unbranched alkanes of at least 4 members (excludes halogenated alkanes) is 1. The molecule has 0 spiro atoms. The SMILES string of the molecule is [CH2]CCC=C=O. The van der Waals surface area contributed by atoms with E-state index in [1.165, 1.54) is 6.08 Å². The van der Waals surface area contributed by atoms with Gasteiger partial charge in [-0.05, 0) is 18.9 Å². The molecular formula is C5H7O. The first-order valence-electron chi connectivity index (χ1n) is 1.90. The van der Waals surface area contributed by atoms with Crippen molar-refractivity contribution >= 4 is 5.94 Å². The minimum atomic E-state index is 0.753. The molecule has 0 aromatic heterocycles. The largest absolute Gasteiger partial charge is 0.234 e. The Morgan fingerprint density at radius 3 is 2.67 bits per heavy atom. The molecule has 0 amide bonds. The number of hydrogen-bond donors (Lipinski definition) is 0. The highest BCUT2D eigenvalue weighted by molar-refractivity contribution is 5.44. The zero-order chi connectivity index (χ0) is 4.83. The quantitative estimate of drug-likeness (QED) is 0.455. The fourth-order valence-electron chi connectivity index (χ4n) is 0.161. The Labute approximate surface area is 37.7 Å². The van der Waals surface area contributed by atoms with Crippen molar-refractivity contribution in [3.05, 3.63) is 13.0 Å². The summed E-state index contributed by atoms with van der Waals surface area (Å²) >= 11 is 0. The topological polar surface area (TPSA) is 17.1 Å². The molecule has 33 valence electrons. The highest BCUT2D eigenvalue weighted by Crippen LogP contribution is 1.80. The van der Waals surface area contributed by atoms with Gasteiger partial charge in [0.1, 0.15) is 5.94 Å². The molecule has 0 aliphatic rings. The Morgan fingerprint density at radius 1 is 1.83 bits per heavy atom. The van der Waals surface area contributed by atoms with Gasteiger partial charge < -0.3 is 0 Å². The summed E-state index contributed by atoms with van der Waals surface area (Å²) in [4.78, 5) is 9.36. The molecule has 0 atom stereocenters. The van der Waals surface area contributed by atoms with Crippen LogP contribution in [0.25, 0.3) is 0 Å². The van der Waals surface area contributed by atoms with Gasteiger partial charge in [-0.2, -0.15) is 0 Å². The van der Waals surface area contributed by atoms with Crippen molar-refractivity contribution in [2.75, 3.05) is 0 Å². The Morgan fingerprint density at radius 2 is 2.50 bits per heavy atom. The van der Waals surface area contributed by atoms with Crippen LogP contribution in [0.2, 0.25) is 0 Å². The Bertz CT molecular complexity index is 60.3. The van der Waals surface area contributed by atoms with Gasteiger partial charge in [0.05, 0.1) is 0 Å². The van der Waals surface area contributed by atoms with E-state index in [4.69, 9.17) is 0 Å². The third-order valence-electron chi connectivity index (χ3n) is 0.432. The van der Waals surface area contributed by atoms with Gasteiger partial charge in [0.25, 0.3) is 0 Å². The lowest BCUT2D eigenvalue weighted by Gasteiger charge is -1.70. The van der Waals surface area contributed by atoms with E-state index in [9.17, 15) is 4.79 Å². The lowest BCUT2D eigenvalue weighted by molar-refractivity contribution is 0.568. The van der Waals surface area contributed by atoms with Crippen LogP contribution < -0.4 is 0 Å². The summed E-state index contributed by atoms with van der Waals surface area (Å²) in [5, 5.41) is 0. The van der Waals surface area contributed by atoms with Gasteiger partial charge in [-0.25, -0.2) is 4.79 Å². The highest BCUT2D eigenvalue weighted by atomic mass is 16.1. The minimum Gasteiger partial charge on any atom is -0.234 e. The van der Waals surface area contributed by atoms with Crippen LogP contribution in [0.4, 0.5) is 0 Å². The van der Waals surface area contributed by atoms with E-state index in [0.29, 0.717) is 0 Å². The highest BCUT2D eigenvalue weighted by Gasteiger charge is 1.66. The molecule has 0 unspecified atom stereocenters. The van der Waals surface area contributed by atoms with Gasteiger partial charge in [-0.3, -0.25) is 0 Å². The molecule has 0 saturated carbocycles. The summed E-state index contributed by atoms with van der Waals surface area (Å²) in [7, 11) is 0. The van der Waals surface area contributed by atoms with E-state index in [0.717, 1.165) is 12.8 Å². The first-order valence-corrected chi connectivity index (χ1v) is 1.90. The van der Waals surface area contributed by atoms with Crippen molar-refractivity contribution in [1.82, 2.24) is 0 Å². The fraction of sp³-hybridized carbons (Fsp3) is 0.400. The van der Waals surface area contributed by atoms with E-state index in [1.807, 2.05) is 0 Å². The van der Waals surface area contributed by atoms with Crippen LogP contribution in [0.3, 0.4) is 0 Å². The number of carbonyl (C=O) groups excluding carboxylic acids is 1. The number of hydrogen-bond acceptors (Lipinski definition) is 1. The van der Waals surface area contributed by atoms with Gasteiger partial charge >= 0.3 is 0 Å². The molecule has 0 heterocycles. The molecule has 0 aliphatic heterocycles. The number of allylic oxidation sites excluding steroid dienone is 1. The Balaban J connectivity index is 2.86. The molecule has 1 radical (unpaired) electrons. The first kappa shape index (κ1) is 5.45. The van der Waals surface area contributed by atoms with Crippen molar-refractivity contribution < 1.29 is 4.79 Å². The molecule has 0 bridgehead atoms. The van der Waals surface area contributed by atoms with Crippen molar-refractivity contribution in [3.8, 4) is 0 Å². The predicted molar refractivity (Wildman–Crippen MR) is 24.9 cm³/mol. The Hall–Kier alpha value is -0.550. The van der Waals surface area contributed by atoms with Crippen LogP contribution in [-0.2, 0) is 4.79 Å². The molecule has 0 aromatic carbocycles. The summed E-state index contributed by atoms with van der Waals surface area (Å²) in [6.07, 6.45) is 2.98. The maximum absolute atomic E-state index is 9.36. The molecule has 1 heteroatoms. The molecule has 1 nitrogen and oxygen atoms in total. The molecule has 0 saturated heterocycles. The smallest absolute Gasteiger partial charge is 0.120 e. The van der Waals surface area contributed by atoms with Gasteiger partial charge in [-0.15, -0.1) is 0 Å². The molecule has 0 rings (SSSR count). The molecule has 0 N–H and O–H groups in total. The molecule has 6 heavy (non-hydrogen) atoms. The molecule has 0 aromatic rings. The lowest BCUT2D eigenvalue weighted by atomic mass is 10.3. The fourth-order valence-corrected chi connectivity index (χ4v) is 0.161. The van der Waals surface area contributed by atoms with Gasteiger partial charge in [-0.1, -0.05) is 6.92 Å². The summed E-state index contributed by atoms with van der Waals surface area (Å²) < 4.78 is 0. The third kappa shape index (κ3) is 3.45. The molecule has 0 aliphatic carbocycles. The minimum absolute atomic E-state index is 0.753. The van der Waals surface area contributed by atoms with Crippen LogP contribution in [0.1, 0.15) is 12.8 Å². The van der Waals surface area contributed by atoms with Crippen LogP contribution >= 0.6 is 0 Å². The summed E-state index contributed by atoms with van der Waals surface area (Å²) in [5.74, 6) is 1.65. The van der Waals surface area contributed by atoms with Crippen LogP contribution in [-0.4, -0.2) is 5.94 Å². The monoisotopic (exact) mass is 83.0 g/mol. The lowest BCUT2D eigenvalue weighted by Crippen LogP contribution is -1.58. The van der Waals surface area contributed by atoms with Gasteiger partial charge in [0.2, 0.25) is 0 Å². The number of rotatable bonds is 2. The van der Waals surface area contributed by atoms with E-state index in [-0.39, 0.29) is 0 Å². The summed E-state index contributed by atoms with van der Waals surface area (Å²) in [6.45, 7) is 3.51. The van der Waals surface area contributed by atoms with Crippen molar-refractivity contribution in [3.63, 3.8) is 0 Å². The standard InChI is InChI=1S/C5H7O/c1-2-3-4-5-6/h4H,1-3H2. The van der Waals surface area contributed by atoms with E-state index in [1.54, 1.807) is 5.94 Å². The Kier molecular flexibility index (Phi) is 4.04.